The quantitative estimate of drug-likeness (QED) is 0.816. The van der Waals surface area contributed by atoms with Gasteiger partial charge in [0.25, 0.3) is 0 Å². The summed E-state index contributed by atoms with van der Waals surface area (Å²) in [5, 5.41) is 0. The zero-order valence-corrected chi connectivity index (χ0v) is 12.5. The summed E-state index contributed by atoms with van der Waals surface area (Å²) in [6.45, 7) is 6.39. The molecule has 5 heteroatoms. The molecule has 2 amide bonds. The molecule has 2 saturated heterocycles. The van der Waals surface area contributed by atoms with Gasteiger partial charge in [0.15, 0.2) is 0 Å². The maximum Gasteiger partial charge on any atom is 0.226 e. The smallest absolute Gasteiger partial charge is 0.226 e. The summed E-state index contributed by atoms with van der Waals surface area (Å²) in [6, 6.07) is 0.367. The maximum atomic E-state index is 12.5. The molecule has 1 atom stereocenters. The molecule has 0 bridgehead atoms. The Morgan fingerprint density at radius 1 is 1.25 bits per heavy atom. The van der Waals surface area contributed by atoms with E-state index in [1.165, 1.54) is 6.42 Å². The van der Waals surface area contributed by atoms with Crippen LogP contribution >= 0.6 is 0 Å². The number of hydrogen-bond acceptors (Lipinski definition) is 3. The van der Waals surface area contributed by atoms with Crippen LogP contribution in [0.25, 0.3) is 0 Å². The first kappa shape index (κ1) is 15.3. The van der Waals surface area contributed by atoms with E-state index in [1.807, 2.05) is 4.90 Å². The molecule has 0 aromatic carbocycles. The fourth-order valence-electron chi connectivity index (χ4n) is 3.54. The van der Waals surface area contributed by atoms with Gasteiger partial charge in [-0.25, -0.2) is 0 Å². The Balaban J connectivity index is 1.88. The predicted molar refractivity (Wildman–Crippen MR) is 78.0 cm³/mol. The lowest BCUT2D eigenvalue weighted by atomic mass is 9.90. The molecule has 1 unspecified atom stereocenters. The lowest BCUT2D eigenvalue weighted by molar-refractivity contribution is -0.144. The SMILES string of the molecule is CCCN1CCC(N2CCCC(CC(N)=O)C2=O)CC1. The lowest BCUT2D eigenvalue weighted by Gasteiger charge is -2.42. The molecule has 2 aliphatic rings. The molecule has 2 heterocycles. The van der Waals surface area contributed by atoms with E-state index in [4.69, 9.17) is 5.73 Å². The van der Waals surface area contributed by atoms with Crippen LogP contribution in [-0.4, -0.2) is 53.8 Å². The monoisotopic (exact) mass is 281 g/mol. The van der Waals surface area contributed by atoms with Crippen molar-refractivity contribution in [3.8, 4) is 0 Å². The molecule has 0 saturated carbocycles. The van der Waals surface area contributed by atoms with Crippen LogP contribution in [0.15, 0.2) is 0 Å². The van der Waals surface area contributed by atoms with Crippen molar-refractivity contribution in [1.29, 1.82) is 0 Å². The van der Waals surface area contributed by atoms with Crippen LogP contribution < -0.4 is 5.73 Å². The van der Waals surface area contributed by atoms with E-state index in [9.17, 15) is 9.59 Å². The topological polar surface area (TPSA) is 66.6 Å². The molecule has 0 radical (unpaired) electrons. The van der Waals surface area contributed by atoms with Gasteiger partial charge in [0.2, 0.25) is 11.8 Å². The lowest BCUT2D eigenvalue weighted by Crippen LogP contribution is -2.52. The molecule has 20 heavy (non-hydrogen) atoms. The summed E-state index contributed by atoms with van der Waals surface area (Å²) in [5.74, 6) is -0.373. The van der Waals surface area contributed by atoms with E-state index in [0.29, 0.717) is 6.04 Å². The van der Waals surface area contributed by atoms with Crippen molar-refractivity contribution >= 4 is 11.8 Å². The average molecular weight is 281 g/mol. The highest BCUT2D eigenvalue weighted by atomic mass is 16.2. The van der Waals surface area contributed by atoms with Gasteiger partial charge in [-0.1, -0.05) is 6.92 Å². The molecule has 114 valence electrons. The Hall–Kier alpha value is -1.10. The van der Waals surface area contributed by atoms with Crippen LogP contribution in [0.1, 0.15) is 45.4 Å². The van der Waals surface area contributed by atoms with E-state index in [2.05, 4.69) is 11.8 Å². The Kier molecular flexibility index (Phi) is 5.40. The van der Waals surface area contributed by atoms with Crippen molar-refractivity contribution in [3.63, 3.8) is 0 Å². The Morgan fingerprint density at radius 2 is 1.95 bits per heavy atom. The predicted octanol–water partition coefficient (Wildman–Crippen LogP) is 0.975. The molecule has 2 fully saturated rings. The van der Waals surface area contributed by atoms with Gasteiger partial charge < -0.3 is 15.5 Å². The second-order valence-electron chi connectivity index (χ2n) is 6.11. The van der Waals surface area contributed by atoms with Crippen LogP contribution in [0.5, 0.6) is 0 Å². The first-order valence-electron chi connectivity index (χ1n) is 7.93. The van der Waals surface area contributed by atoms with Gasteiger partial charge in [0.05, 0.1) is 0 Å². The van der Waals surface area contributed by atoms with E-state index in [-0.39, 0.29) is 24.2 Å². The summed E-state index contributed by atoms with van der Waals surface area (Å²) < 4.78 is 0. The van der Waals surface area contributed by atoms with Crippen molar-refractivity contribution < 1.29 is 9.59 Å². The molecular weight excluding hydrogens is 254 g/mol. The third-order valence-electron chi connectivity index (χ3n) is 4.57. The zero-order valence-electron chi connectivity index (χ0n) is 12.5. The van der Waals surface area contributed by atoms with Crippen molar-refractivity contribution in [2.24, 2.45) is 11.7 Å². The van der Waals surface area contributed by atoms with E-state index in [1.54, 1.807) is 0 Å². The molecule has 0 spiro atoms. The fraction of sp³-hybridized carbons (Fsp3) is 0.867. The number of hydrogen-bond donors (Lipinski definition) is 1. The minimum absolute atomic E-state index is 0.156. The van der Waals surface area contributed by atoms with Crippen molar-refractivity contribution in [3.05, 3.63) is 0 Å². The second-order valence-corrected chi connectivity index (χ2v) is 6.11. The first-order valence-corrected chi connectivity index (χ1v) is 7.93. The van der Waals surface area contributed by atoms with Gasteiger partial charge in [0, 0.05) is 38.0 Å². The summed E-state index contributed by atoms with van der Waals surface area (Å²) in [6.07, 6.45) is 5.34. The number of nitrogens with zero attached hydrogens (tertiary/aromatic N) is 2. The summed E-state index contributed by atoms with van der Waals surface area (Å²) in [4.78, 5) is 28.0. The van der Waals surface area contributed by atoms with Crippen molar-refractivity contribution in [1.82, 2.24) is 9.80 Å². The van der Waals surface area contributed by atoms with Gasteiger partial charge in [-0.05, 0) is 38.6 Å². The van der Waals surface area contributed by atoms with Crippen molar-refractivity contribution in [2.75, 3.05) is 26.2 Å². The number of likely N-dealkylation sites (tertiary alicyclic amines) is 2. The molecule has 2 N–H and O–H groups in total. The highest BCUT2D eigenvalue weighted by Gasteiger charge is 2.35. The van der Waals surface area contributed by atoms with Crippen LogP contribution in [0.4, 0.5) is 0 Å². The van der Waals surface area contributed by atoms with E-state index < -0.39 is 0 Å². The van der Waals surface area contributed by atoms with Gasteiger partial charge in [0.1, 0.15) is 0 Å². The number of rotatable bonds is 5. The van der Waals surface area contributed by atoms with Crippen LogP contribution in [0.3, 0.4) is 0 Å². The average Bonchev–Trinajstić information content (AvgIpc) is 2.42. The molecule has 2 rings (SSSR count). The minimum Gasteiger partial charge on any atom is -0.370 e. The van der Waals surface area contributed by atoms with Crippen LogP contribution in [0.2, 0.25) is 0 Å². The number of primary amides is 1. The van der Waals surface area contributed by atoms with Crippen molar-refractivity contribution in [2.45, 2.75) is 51.5 Å². The normalized spacial score (nSPS) is 25.9. The molecular formula is C15H27N3O2. The number of carbonyl (C=O) groups excluding carboxylic acids is 2. The second kappa shape index (κ2) is 7.07. The summed E-state index contributed by atoms with van der Waals surface area (Å²) in [7, 11) is 0. The maximum absolute atomic E-state index is 12.5. The third kappa shape index (κ3) is 3.72. The van der Waals surface area contributed by atoms with Crippen LogP contribution in [0, 0.1) is 5.92 Å². The molecule has 0 aromatic rings. The van der Waals surface area contributed by atoms with E-state index >= 15 is 0 Å². The number of carbonyl (C=O) groups is 2. The number of piperidine rings is 2. The Bertz CT molecular complexity index is 351. The largest absolute Gasteiger partial charge is 0.370 e. The standard InChI is InChI=1S/C15H27N3O2/c1-2-7-17-9-5-13(6-10-17)18-8-3-4-12(15(18)20)11-14(16)19/h12-13H,2-11H2,1H3,(H2,16,19). The first-order chi connectivity index (χ1) is 9.61. The summed E-state index contributed by atoms with van der Waals surface area (Å²) in [5.41, 5.74) is 5.24. The molecule has 5 nitrogen and oxygen atoms in total. The zero-order chi connectivity index (χ0) is 14.5. The third-order valence-corrected chi connectivity index (χ3v) is 4.57. The number of amides is 2. The molecule has 2 aliphatic heterocycles. The highest BCUT2D eigenvalue weighted by Crippen LogP contribution is 2.26. The highest BCUT2D eigenvalue weighted by molar-refractivity contribution is 5.85. The van der Waals surface area contributed by atoms with Gasteiger partial charge in [-0.2, -0.15) is 0 Å². The van der Waals surface area contributed by atoms with E-state index in [0.717, 1.165) is 51.9 Å². The number of nitrogens with two attached hydrogens (primary N) is 1. The summed E-state index contributed by atoms with van der Waals surface area (Å²) >= 11 is 0. The Morgan fingerprint density at radius 3 is 2.55 bits per heavy atom. The van der Waals surface area contributed by atoms with Gasteiger partial charge in [-0.15, -0.1) is 0 Å². The Labute approximate surface area is 121 Å². The van der Waals surface area contributed by atoms with Crippen LogP contribution in [-0.2, 0) is 9.59 Å². The molecule has 0 aromatic heterocycles. The van der Waals surface area contributed by atoms with Gasteiger partial charge in [-0.3, -0.25) is 9.59 Å². The van der Waals surface area contributed by atoms with Gasteiger partial charge >= 0.3 is 0 Å². The minimum atomic E-state index is -0.358. The fourth-order valence-corrected chi connectivity index (χ4v) is 3.54. The molecule has 0 aliphatic carbocycles.